The largest absolute Gasteiger partial charge is 0.481 e. The molecular formula is C65H98N2O24. The van der Waals surface area contributed by atoms with Gasteiger partial charge in [-0.1, -0.05) is 98.9 Å². The Morgan fingerprint density at radius 1 is 0.670 bits per heavy atom. The SMILES string of the molecule is CNc1ccc(C(=O)CC(O)CCC(C)C2OC(=O)CC(O)CC(O)CC(O)CC(O)CC(O)CC(O)CC3(O)CC(O)C(C(=O)O)C(CC(OC4OC(C)C(OC5OC(CO)C(O)C(O)C5O)C(N)C4O)C=CC=CC=CC=CC=CC=CC=CC2C)O3)cc1. The first kappa shape index (κ1) is 76.7. The summed E-state index contributed by atoms with van der Waals surface area (Å²) in [5.41, 5.74) is 7.76. The smallest absolute Gasteiger partial charge is 0.311 e. The van der Waals surface area contributed by atoms with Crippen molar-refractivity contribution in [2.45, 2.75) is 232 Å². The second kappa shape index (κ2) is 37.8. The number of allylic oxidation sites excluding steroid dienone is 12. The fourth-order valence-corrected chi connectivity index (χ4v) is 11.7. The Labute approximate surface area is 530 Å². The van der Waals surface area contributed by atoms with Crippen LogP contribution in [0.2, 0.25) is 0 Å². The van der Waals surface area contributed by atoms with E-state index in [0.29, 0.717) is 12.0 Å². The topological polar surface area (TPSA) is 448 Å². The highest BCUT2D eigenvalue weighted by Crippen LogP contribution is 2.39. The van der Waals surface area contributed by atoms with Crippen LogP contribution in [0, 0.1) is 17.8 Å². The lowest BCUT2D eigenvalue weighted by Gasteiger charge is -2.47. The minimum absolute atomic E-state index is 0.113. The molecule has 26 heteroatoms. The van der Waals surface area contributed by atoms with Gasteiger partial charge in [0.1, 0.15) is 48.6 Å². The fourth-order valence-electron chi connectivity index (χ4n) is 11.7. The monoisotopic (exact) mass is 1290 g/mol. The molecule has 3 saturated heterocycles. The van der Waals surface area contributed by atoms with E-state index in [4.69, 9.17) is 34.2 Å². The highest BCUT2D eigenvalue weighted by molar-refractivity contribution is 5.96. The summed E-state index contributed by atoms with van der Waals surface area (Å²) in [4.78, 5) is 39.1. The van der Waals surface area contributed by atoms with Gasteiger partial charge in [0, 0.05) is 49.9 Å². The van der Waals surface area contributed by atoms with Crippen LogP contribution in [0.25, 0.3) is 0 Å². The second-order valence-corrected chi connectivity index (χ2v) is 24.4. The summed E-state index contributed by atoms with van der Waals surface area (Å²) in [7, 11) is 1.76. The first-order chi connectivity index (χ1) is 43.1. The predicted octanol–water partition coefficient (Wildman–Crippen LogP) is 0.362. The van der Waals surface area contributed by atoms with Gasteiger partial charge in [-0.15, -0.1) is 0 Å². The molecule has 26 nitrogen and oxygen atoms in total. The van der Waals surface area contributed by atoms with E-state index in [9.17, 15) is 91.0 Å². The third-order valence-corrected chi connectivity index (χ3v) is 16.6. The van der Waals surface area contributed by atoms with E-state index in [-0.39, 0.29) is 49.7 Å². The molecule has 512 valence electrons. The predicted molar refractivity (Wildman–Crippen MR) is 329 cm³/mol. The number of fused-ring (bicyclic) bond motifs is 2. The highest BCUT2D eigenvalue weighted by atomic mass is 16.7. The number of anilines is 1. The number of esters is 1. The number of carbonyl (C=O) groups is 3. The van der Waals surface area contributed by atoms with E-state index in [1.165, 1.54) is 19.1 Å². The summed E-state index contributed by atoms with van der Waals surface area (Å²) in [6, 6.07) is 5.54. The van der Waals surface area contributed by atoms with Crippen LogP contribution in [0.15, 0.2) is 109 Å². The van der Waals surface area contributed by atoms with Gasteiger partial charge in [0.15, 0.2) is 24.2 Å². The molecule has 0 radical (unpaired) electrons. The number of aliphatic hydroxyl groups is 14. The molecule has 5 rings (SSSR count). The average Bonchev–Trinajstić information content (AvgIpc) is 0.850. The lowest BCUT2D eigenvalue weighted by molar-refractivity contribution is -0.345. The van der Waals surface area contributed by atoms with Crippen molar-refractivity contribution in [2.24, 2.45) is 23.5 Å². The molecule has 4 heterocycles. The van der Waals surface area contributed by atoms with Gasteiger partial charge in [0.05, 0.1) is 86.2 Å². The third-order valence-electron chi connectivity index (χ3n) is 16.6. The molecule has 4 aliphatic rings. The second-order valence-electron chi connectivity index (χ2n) is 24.4. The van der Waals surface area contributed by atoms with Gasteiger partial charge in [-0.2, -0.15) is 0 Å². The molecule has 91 heavy (non-hydrogen) atoms. The van der Waals surface area contributed by atoms with Gasteiger partial charge in [0.25, 0.3) is 0 Å². The van der Waals surface area contributed by atoms with Crippen molar-refractivity contribution < 1.29 is 119 Å². The molecule has 0 aliphatic carbocycles. The van der Waals surface area contributed by atoms with Crippen molar-refractivity contribution in [2.75, 3.05) is 19.0 Å². The van der Waals surface area contributed by atoms with Gasteiger partial charge in [-0.3, -0.25) is 14.4 Å². The molecule has 0 amide bonds. The Morgan fingerprint density at radius 3 is 1.75 bits per heavy atom. The van der Waals surface area contributed by atoms with Crippen LogP contribution in [0.5, 0.6) is 0 Å². The van der Waals surface area contributed by atoms with E-state index in [2.05, 4.69) is 5.32 Å². The number of aliphatic carboxylic acids is 1. The Balaban J connectivity index is 1.34. The molecular weight excluding hydrogens is 1190 g/mol. The normalized spacial score (nSPS) is 38.3. The maximum atomic E-state index is 13.4. The van der Waals surface area contributed by atoms with Crippen LogP contribution >= 0.6 is 0 Å². The molecule has 1 aromatic carbocycles. The van der Waals surface area contributed by atoms with Crippen molar-refractivity contribution in [3.63, 3.8) is 0 Å². The number of cyclic esters (lactones) is 1. The van der Waals surface area contributed by atoms with E-state index < -0.39 is 197 Å². The molecule has 3 fully saturated rings. The molecule has 18 N–H and O–H groups in total. The van der Waals surface area contributed by atoms with Gasteiger partial charge < -0.3 is 116 Å². The number of carboxylic acid groups (broad SMARTS) is 1. The molecule has 0 saturated carbocycles. The lowest BCUT2D eigenvalue weighted by atomic mass is 9.82. The molecule has 25 atom stereocenters. The quantitative estimate of drug-likeness (QED) is 0.0883. The number of nitrogens with two attached hydrogens (primary N) is 1. The molecule has 25 unspecified atom stereocenters. The maximum absolute atomic E-state index is 13.4. The lowest BCUT2D eigenvalue weighted by Crippen LogP contribution is -2.66. The minimum Gasteiger partial charge on any atom is -0.481 e. The van der Waals surface area contributed by atoms with Crippen molar-refractivity contribution in [3.8, 4) is 0 Å². The first-order valence-electron chi connectivity index (χ1n) is 31.1. The van der Waals surface area contributed by atoms with Crippen LogP contribution < -0.4 is 11.1 Å². The van der Waals surface area contributed by atoms with Gasteiger partial charge in [-0.25, -0.2) is 0 Å². The molecule has 0 spiro atoms. The standard InChI is InChI=1S/C65H98N2O24/c1-36-17-15-13-11-9-7-5-6-8-10-12-14-16-18-48(87-63-57(80)55(66)61(38(3)86-63)90-64-59(82)58(81)56(79)52(35-68)88-64)32-51-54(62(83)84)50(77)34-65(85,91-51)33-47(75)29-45(73)27-43(71)25-42(70)26-44(72)28-46(74)31-53(78)89-60(36)37(2)19-24-41(69)30-49(76)39-20-22-40(67-4)23-21-39/h5-18,20-23,36-38,41-48,50-52,54-61,63-64,67-75,77,79-82,85H,19,24-35,66H2,1-4H3,(H,83,84). The van der Waals surface area contributed by atoms with Gasteiger partial charge >= 0.3 is 11.9 Å². The summed E-state index contributed by atoms with van der Waals surface area (Å²) in [5.74, 6) is -7.31. The van der Waals surface area contributed by atoms with Crippen molar-refractivity contribution >= 4 is 23.4 Å². The number of benzene rings is 1. The summed E-state index contributed by atoms with van der Waals surface area (Å²) in [6.45, 7) is 4.44. The molecule has 0 aromatic heterocycles. The zero-order valence-corrected chi connectivity index (χ0v) is 51.9. The van der Waals surface area contributed by atoms with Gasteiger partial charge in [0.2, 0.25) is 0 Å². The third kappa shape index (κ3) is 24.7. The zero-order chi connectivity index (χ0) is 67.1. The number of nitrogens with one attached hydrogen (secondary N) is 1. The number of aliphatic hydroxyl groups excluding tert-OH is 13. The number of hydrogen-bond acceptors (Lipinski definition) is 25. The number of hydrogen-bond donors (Lipinski definition) is 17. The Kier molecular flexibility index (Phi) is 31.9. The number of ether oxygens (including phenoxy) is 6. The number of Topliss-reactive ketones (excluding diaryl/α,β-unsaturated/α-hetero) is 1. The fraction of sp³-hybridized carbons (Fsp3) is 0.646. The van der Waals surface area contributed by atoms with E-state index in [0.717, 1.165) is 5.69 Å². The first-order valence-corrected chi connectivity index (χ1v) is 31.1. The Bertz CT molecular complexity index is 2580. The number of ketones is 1. The number of rotatable bonds is 14. The van der Waals surface area contributed by atoms with E-state index in [1.807, 2.05) is 19.9 Å². The Hall–Kier alpha value is -4.99. The van der Waals surface area contributed by atoms with Gasteiger partial charge in [-0.05, 0) is 82.1 Å². The number of carboxylic acids is 1. The highest BCUT2D eigenvalue weighted by Gasteiger charge is 2.52. The summed E-state index contributed by atoms with van der Waals surface area (Å²) >= 11 is 0. The van der Waals surface area contributed by atoms with Crippen molar-refractivity contribution in [1.82, 2.24) is 0 Å². The van der Waals surface area contributed by atoms with Crippen molar-refractivity contribution in [3.05, 3.63) is 115 Å². The van der Waals surface area contributed by atoms with Crippen LogP contribution in [-0.4, -0.2) is 242 Å². The van der Waals surface area contributed by atoms with E-state index >= 15 is 0 Å². The Morgan fingerprint density at radius 2 is 1.20 bits per heavy atom. The minimum atomic E-state index is -2.41. The molecule has 1 aromatic rings. The zero-order valence-electron chi connectivity index (χ0n) is 51.9. The van der Waals surface area contributed by atoms with Crippen LogP contribution in [-0.2, 0) is 38.0 Å². The summed E-state index contributed by atoms with van der Waals surface area (Å²) < 4.78 is 35.6. The summed E-state index contributed by atoms with van der Waals surface area (Å²) in [6.07, 6.45) is -8.62. The van der Waals surface area contributed by atoms with Crippen LogP contribution in [0.3, 0.4) is 0 Å². The molecule has 2 bridgehead atoms. The van der Waals surface area contributed by atoms with Crippen molar-refractivity contribution in [1.29, 1.82) is 0 Å². The average molecular weight is 1290 g/mol. The van der Waals surface area contributed by atoms with E-state index in [1.54, 1.807) is 98.1 Å². The molecule has 4 aliphatic heterocycles. The summed E-state index contributed by atoms with van der Waals surface area (Å²) in [5, 5.41) is 165. The van der Waals surface area contributed by atoms with Crippen LogP contribution in [0.4, 0.5) is 5.69 Å². The number of carbonyl (C=O) groups excluding carboxylic acids is 2. The maximum Gasteiger partial charge on any atom is 0.311 e. The van der Waals surface area contributed by atoms with Crippen LogP contribution in [0.1, 0.15) is 108 Å².